The summed E-state index contributed by atoms with van der Waals surface area (Å²) in [5.74, 6) is -2.11. The molecule has 144 valence electrons. The van der Waals surface area contributed by atoms with E-state index in [2.05, 4.69) is 0 Å². The monoisotopic (exact) mass is 374 g/mol. The highest BCUT2D eigenvalue weighted by atomic mass is 16.7. The van der Waals surface area contributed by atoms with E-state index in [1.54, 1.807) is 12.5 Å². The van der Waals surface area contributed by atoms with E-state index in [4.69, 9.17) is 18.6 Å². The Morgan fingerprint density at radius 1 is 1.33 bits per heavy atom. The van der Waals surface area contributed by atoms with Crippen LogP contribution in [0, 0.1) is 16.7 Å². The third kappa shape index (κ3) is 1.52. The van der Waals surface area contributed by atoms with E-state index in [1.807, 2.05) is 19.1 Å². The predicted molar refractivity (Wildman–Crippen MR) is 88.8 cm³/mol. The molecule has 1 aromatic rings. The van der Waals surface area contributed by atoms with Gasteiger partial charge in [-0.1, -0.05) is 13.0 Å². The number of hydrogen-bond acceptors (Lipinski definition) is 7. The quantitative estimate of drug-likeness (QED) is 0.723. The molecule has 0 amide bonds. The molecule has 1 aliphatic carbocycles. The van der Waals surface area contributed by atoms with Crippen molar-refractivity contribution in [2.24, 2.45) is 16.7 Å². The van der Waals surface area contributed by atoms with Crippen LogP contribution in [0.1, 0.15) is 44.3 Å². The highest BCUT2D eigenvalue weighted by molar-refractivity contribution is 5.93. The summed E-state index contributed by atoms with van der Waals surface area (Å²) < 4.78 is 23.0. The van der Waals surface area contributed by atoms with Crippen LogP contribution >= 0.6 is 0 Å². The Kier molecular flexibility index (Phi) is 2.81. The fourth-order valence-corrected chi connectivity index (χ4v) is 6.93. The summed E-state index contributed by atoms with van der Waals surface area (Å²) in [5, 5.41) is 22.6. The number of ether oxygens (including phenoxy) is 3. The van der Waals surface area contributed by atoms with Crippen LogP contribution in [-0.4, -0.2) is 40.5 Å². The molecule has 2 bridgehead atoms. The molecular formula is C20H22O7. The lowest BCUT2D eigenvalue weighted by molar-refractivity contribution is -0.216. The van der Waals surface area contributed by atoms with Crippen molar-refractivity contribution < 1.29 is 33.6 Å². The molecule has 1 aromatic heterocycles. The maximum Gasteiger partial charge on any atom is 0.334 e. The zero-order valence-electron chi connectivity index (χ0n) is 15.0. The number of aliphatic hydroxyl groups excluding tert-OH is 1. The normalized spacial score (nSPS) is 52.8. The van der Waals surface area contributed by atoms with E-state index >= 15 is 0 Å². The molecule has 4 fully saturated rings. The first-order chi connectivity index (χ1) is 12.9. The van der Waals surface area contributed by atoms with E-state index < -0.39 is 28.5 Å². The Bertz CT molecular complexity index is 862. The molecule has 0 saturated carbocycles. The summed E-state index contributed by atoms with van der Waals surface area (Å²) in [6, 6.07) is 1.83. The molecule has 4 aliphatic heterocycles. The minimum Gasteiger partial charge on any atom is -0.472 e. The average Bonchev–Trinajstić information content (AvgIpc) is 3.39. The predicted octanol–water partition coefficient (Wildman–Crippen LogP) is 1.81. The van der Waals surface area contributed by atoms with E-state index in [0.29, 0.717) is 31.3 Å². The molecule has 0 radical (unpaired) electrons. The lowest BCUT2D eigenvalue weighted by atomic mass is 9.45. The maximum atomic E-state index is 12.4. The van der Waals surface area contributed by atoms with Crippen molar-refractivity contribution in [3.05, 3.63) is 35.8 Å². The van der Waals surface area contributed by atoms with Crippen molar-refractivity contribution in [2.45, 2.75) is 56.4 Å². The van der Waals surface area contributed by atoms with Crippen molar-refractivity contribution in [2.75, 3.05) is 6.61 Å². The number of furan rings is 1. The van der Waals surface area contributed by atoms with Crippen LogP contribution in [0.3, 0.4) is 0 Å². The first kappa shape index (κ1) is 16.3. The van der Waals surface area contributed by atoms with Crippen LogP contribution in [0.15, 0.2) is 34.7 Å². The first-order valence-corrected chi connectivity index (χ1v) is 9.55. The van der Waals surface area contributed by atoms with Gasteiger partial charge in [0.1, 0.15) is 6.61 Å². The third-order valence-corrected chi connectivity index (χ3v) is 8.08. The Balaban J connectivity index is 1.54. The minimum atomic E-state index is -1.42. The summed E-state index contributed by atoms with van der Waals surface area (Å²) >= 11 is 0. The number of esters is 1. The molecule has 27 heavy (non-hydrogen) atoms. The van der Waals surface area contributed by atoms with Gasteiger partial charge in [-0.05, 0) is 25.3 Å². The second kappa shape index (κ2) is 4.66. The fraction of sp³-hybridized carbons (Fsp3) is 0.650. The Morgan fingerprint density at radius 3 is 2.96 bits per heavy atom. The topological polar surface area (TPSA) is 98.4 Å². The number of rotatable bonds is 1. The van der Waals surface area contributed by atoms with Crippen LogP contribution in [0.25, 0.3) is 0 Å². The average molecular weight is 374 g/mol. The molecule has 4 saturated heterocycles. The van der Waals surface area contributed by atoms with Crippen LogP contribution < -0.4 is 0 Å². The number of aliphatic hydroxyl groups is 2. The van der Waals surface area contributed by atoms with E-state index in [0.717, 1.165) is 5.56 Å². The number of carbonyl (C=O) groups is 1. The molecule has 0 unspecified atom stereocenters. The number of carbonyl (C=O) groups excluding carboxylic acids is 1. The standard InChI is InChI=1S/C20H22O7/c1-11-18(7-14(26-16(18)22)12-4-6-24-8-12)20-5-2-3-13-15(21)25-10-17(13,20)9-19(11,23)27-20/h3-4,6,8,11,14,16,22-23H,2,5,7,9-10H2,1H3/t11-,14+,16-,17+,18-,19+,20+/m0/s1. The van der Waals surface area contributed by atoms with Gasteiger partial charge in [0.15, 0.2) is 12.1 Å². The van der Waals surface area contributed by atoms with Crippen molar-refractivity contribution >= 4 is 5.97 Å². The lowest BCUT2D eigenvalue weighted by Gasteiger charge is -2.55. The van der Waals surface area contributed by atoms with Gasteiger partial charge in [0.25, 0.3) is 0 Å². The number of hydrogen-bond donors (Lipinski definition) is 2. The van der Waals surface area contributed by atoms with Gasteiger partial charge in [-0.2, -0.15) is 0 Å². The van der Waals surface area contributed by atoms with Gasteiger partial charge in [-0.15, -0.1) is 0 Å². The zero-order chi connectivity index (χ0) is 18.7. The number of cyclic esters (lactones) is 1. The number of fused-ring (bicyclic) bond motifs is 1. The minimum absolute atomic E-state index is 0.178. The van der Waals surface area contributed by atoms with Crippen LogP contribution in [0.2, 0.25) is 0 Å². The second-order valence-corrected chi connectivity index (χ2v) is 8.77. The summed E-state index contributed by atoms with van der Waals surface area (Å²) in [4.78, 5) is 12.4. The number of allylic oxidation sites excluding steroid dienone is 1. The lowest BCUT2D eigenvalue weighted by Crippen LogP contribution is -2.65. The van der Waals surface area contributed by atoms with Crippen molar-refractivity contribution in [3.8, 4) is 0 Å². The largest absolute Gasteiger partial charge is 0.472 e. The van der Waals surface area contributed by atoms with Gasteiger partial charge in [0.2, 0.25) is 0 Å². The summed E-state index contributed by atoms with van der Waals surface area (Å²) in [6.45, 7) is 2.10. The molecular weight excluding hydrogens is 352 g/mol. The molecule has 2 N–H and O–H groups in total. The molecule has 3 spiro atoms. The Morgan fingerprint density at radius 2 is 2.19 bits per heavy atom. The van der Waals surface area contributed by atoms with Gasteiger partial charge in [-0.25, -0.2) is 4.79 Å². The van der Waals surface area contributed by atoms with E-state index in [9.17, 15) is 15.0 Å². The van der Waals surface area contributed by atoms with Gasteiger partial charge in [-0.3, -0.25) is 0 Å². The van der Waals surface area contributed by atoms with Crippen LogP contribution in [-0.2, 0) is 19.0 Å². The zero-order valence-corrected chi connectivity index (χ0v) is 15.0. The van der Waals surface area contributed by atoms with E-state index in [-0.39, 0.29) is 24.6 Å². The van der Waals surface area contributed by atoms with Crippen molar-refractivity contribution in [1.29, 1.82) is 0 Å². The molecule has 5 heterocycles. The highest BCUT2D eigenvalue weighted by Gasteiger charge is 2.87. The molecule has 5 aliphatic rings. The molecule has 7 atom stereocenters. The van der Waals surface area contributed by atoms with E-state index in [1.165, 1.54) is 0 Å². The molecule has 7 heteroatoms. The first-order valence-electron chi connectivity index (χ1n) is 9.55. The smallest absolute Gasteiger partial charge is 0.334 e. The van der Waals surface area contributed by atoms with Crippen LogP contribution in [0.4, 0.5) is 0 Å². The Hall–Kier alpha value is -1.67. The SMILES string of the molecule is C[C@H]1[C@]2(C[C@H](c3ccoc3)O[C@@H]2O)[C@@]23CCC=C4C(=O)OC[C@]42C[C@@]1(O)O3. The third-order valence-electron chi connectivity index (χ3n) is 8.08. The molecule has 6 rings (SSSR count). The summed E-state index contributed by atoms with van der Waals surface area (Å²) in [7, 11) is 0. The Labute approximate surface area is 155 Å². The van der Waals surface area contributed by atoms with Crippen molar-refractivity contribution in [1.82, 2.24) is 0 Å². The molecule has 0 aromatic carbocycles. The van der Waals surface area contributed by atoms with Gasteiger partial charge >= 0.3 is 5.97 Å². The molecule has 7 nitrogen and oxygen atoms in total. The summed E-state index contributed by atoms with van der Waals surface area (Å²) in [6.07, 6.45) is 5.69. The van der Waals surface area contributed by atoms with Gasteiger partial charge in [0.05, 0.1) is 35.1 Å². The van der Waals surface area contributed by atoms with Gasteiger partial charge in [0, 0.05) is 23.5 Å². The second-order valence-electron chi connectivity index (χ2n) is 8.77. The highest BCUT2D eigenvalue weighted by Crippen LogP contribution is 2.79. The van der Waals surface area contributed by atoms with Crippen molar-refractivity contribution in [3.63, 3.8) is 0 Å². The maximum absolute atomic E-state index is 12.4. The van der Waals surface area contributed by atoms with Gasteiger partial charge < -0.3 is 28.8 Å². The summed E-state index contributed by atoms with van der Waals surface area (Å²) in [5.41, 5.74) is -1.03. The fourth-order valence-electron chi connectivity index (χ4n) is 6.93. The van der Waals surface area contributed by atoms with Crippen LogP contribution in [0.5, 0.6) is 0 Å².